The number of aliphatic imine (C=N–C) groups is 1. The summed E-state index contributed by atoms with van der Waals surface area (Å²) < 4.78 is 48.7. The van der Waals surface area contributed by atoms with Crippen LogP contribution >= 0.6 is 24.0 Å². The Morgan fingerprint density at radius 3 is 2.47 bits per heavy atom. The van der Waals surface area contributed by atoms with Crippen LogP contribution in [0.1, 0.15) is 16.7 Å². The van der Waals surface area contributed by atoms with Gasteiger partial charge in [0.05, 0.1) is 26.3 Å². The van der Waals surface area contributed by atoms with E-state index < -0.39 is 11.7 Å². The molecule has 2 aromatic rings. The average molecular weight is 533 g/mol. The van der Waals surface area contributed by atoms with E-state index in [1.807, 2.05) is 12.1 Å². The molecular formula is C21H23F3IN3O2. The van der Waals surface area contributed by atoms with Crippen molar-refractivity contribution in [3.8, 4) is 23.3 Å². The summed E-state index contributed by atoms with van der Waals surface area (Å²) in [6, 6.07) is 10.4. The van der Waals surface area contributed by atoms with E-state index in [9.17, 15) is 13.2 Å². The van der Waals surface area contributed by atoms with Gasteiger partial charge in [-0.3, -0.25) is 4.99 Å². The Morgan fingerprint density at radius 2 is 1.83 bits per heavy atom. The van der Waals surface area contributed by atoms with Crippen molar-refractivity contribution in [2.45, 2.75) is 12.7 Å². The van der Waals surface area contributed by atoms with Crippen LogP contribution in [0.15, 0.2) is 47.5 Å². The summed E-state index contributed by atoms with van der Waals surface area (Å²) in [5.41, 5.74) is 0.488. The molecular weight excluding hydrogens is 510 g/mol. The monoisotopic (exact) mass is 533 g/mol. The van der Waals surface area contributed by atoms with Crippen molar-refractivity contribution in [2.75, 3.05) is 27.8 Å². The summed E-state index contributed by atoms with van der Waals surface area (Å²) in [6.45, 7) is 0.670. The Kier molecular flexibility index (Phi) is 10.3. The molecule has 9 heteroatoms. The van der Waals surface area contributed by atoms with Gasteiger partial charge >= 0.3 is 6.18 Å². The maximum absolute atomic E-state index is 12.7. The molecule has 0 fully saturated rings. The average Bonchev–Trinajstić information content (AvgIpc) is 2.72. The first kappa shape index (κ1) is 25.4. The quantitative estimate of drug-likeness (QED) is 0.264. The largest absolute Gasteiger partial charge is 0.497 e. The van der Waals surface area contributed by atoms with Crippen LogP contribution in [0.3, 0.4) is 0 Å². The molecule has 0 amide bonds. The number of nitrogens with one attached hydrogen (secondary N) is 2. The number of alkyl halides is 3. The highest BCUT2D eigenvalue weighted by molar-refractivity contribution is 14.0. The van der Waals surface area contributed by atoms with E-state index in [2.05, 4.69) is 27.5 Å². The third kappa shape index (κ3) is 7.67. The minimum Gasteiger partial charge on any atom is -0.497 e. The van der Waals surface area contributed by atoms with Gasteiger partial charge in [0, 0.05) is 30.8 Å². The van der Waals surface area contributed by atoms with Crippen LogP contribution in [0.5, 0.6) is 11.5 Å². The van der Waals surface area contributed by atoms with Crippen LogP contribution in [0.2, 0.25) is 0 Å². The van der Waals surface area contributed by atoms with E-state index in [0.29, 0.717) is 29.6 Å². The molecule has 2 N–H and O–H groups in total. The third-order valence-corrected chi connectivity index (χ3v) is 3.93. The minimum atomic E-state index is -4.38. The van der Waals surface area contributed by atoms with Crippen molar-refractivity contribution in [1.29, 1.82) is 0 Å². The first-order valence-corrected chi connectivity index (χ1v) is 8.69. The van der Waals surface area contributed by atoms with E-state index >= 15 is 0 Å². The van der Waals surface area contributed by atoms with E-state index in [4.69, 9.17) is 9.47 Å². The van der Waals surface area contributed by atoms with Gasteiger partial charge in [-0.1, -0.05) is 17.9 Å². The molecule has 0 aliphatic heterocycles. The van der Waals surface area contributed by atoms with Gasteiger partial charge in [-0.25, -0.2) is 0 Å². The van der Waals surface area contributed by atoms with E-state index in [1.165, 1.54) is 12.1 Å². The summed E-state index contributed by atoms with van der Waals surface area (Å²) in [5.74, 6) is 7.37. The zero-order valence-corrected chi connectivity index (χ0v) is 19.1. The van der Waals surface area contributed by atoms with Gasteiger partial charge in [0.2, 0.25) is 0 Å². The number of guanidine groups is 1. The second-order valence-electron chi connectivity index (χ2n) is 5.84. The number of halogens is 4. The van der Waals surface area contributed by atoms with Crippen LogP contribution in [0.4, 0.5) is 13.2 Å². The van der Waals surface area contributed by atoms with Gasteiger partial charge in [-0.15, -0.1) is 24.0 Å². The van der Waals surface area contributed by atoms with Crippen LogP contribution in [0, 0.1) is 11.8 Å². The SMILES string of the molecule is CN=C(NCC#Cc1cccc(C(F)(F)F)c1)NCc1ccc(OC)cc1OC.I. The highest BCUT2D eigenvalue weighted by atomic mass is 127. The number of methoxy groups -OCH3 is 2. The molecule has 0 spiro atoms. The van der Waals surface area contributed by atoms with Crippen molar-refractivity contribution in [2.24, 2.45) is 4.99 Å². The molecule has 162 valence electrons. The normalized spacial score (nSPS) is 10.9. The van der Waals surface area contributed by atoms with Crippen LogP contribution < -0.4 is 20.1 Å². The molecule has 0 bridgehead atoms. The Balaban J connectivity index is 0.00000450. The van der Waals surface area contributed by atoms with Crippen LogP contribution in [0.25, 0.3) is 0 Å². The lowest BCUT2D eigenvalue weighted by Crippen LogP contribution is -2.37. The van der Waals surface area contributed by atoms with Crippen LogP contribution in [-0.4, -0.2) is 33.8 Å². The Morgan fingerprint density at radius 1 is 1.07 bits per heavy atom. The molecule has 0 heterocycles. The molecule has 0 unspecified atom stereocenters. The van der Waals surface area contributed by atoms with Crippen molar-refractivity contribution >= 4 is 29.9 Å². The van der Waals surface area contributed by atoms with Gasteiger partial charge in [0.25, 0.3) is 0 Å². The smallest absolute Gasteiger partial charge is 0.416 e. The number of benzene rings is 2. The summed E-state index contributed by atoms with van der Waals surface area (Å²) in [6.07, 6.45) is -4.38. The fourth-order valence-electron chi connectivity index (χ4n) is 2.44. The Hall–Kier alpha value is -2.61. The molecule has 5 nitrogen and oxygen atoms in total. The van der Waals surface area contributed by atoms with Crippen molar-refractivity contribution in [1.82, 2.24) is 10.6 Å². The van der Waals surface area contributed by atoms with E-state index in [1.54, 1.807) is 27.3 Å². The van der Waals surface area contributed by atoms with E-state index in [0.717, 1.165) is 17.7 Å². The molecule has 0 aliphatic carbocycles. The molecule has 30 heavy (non-hydrogen) atoms. The van der Waals surface area contributed by atoms with Gasteiger partial charge in [-0.2, -0.15) is 13.2 Å². The van der Waals surface area contributed by atoms with Crippen molar-refractivity contribution in [3.63, 3.8) is 0 Å². The third-order valence-electron chi connectivity index (χ3n) is 3.93. The van der Waals surface area contributed by atoms with Gasteiger partial charge in [-0.05, 0) is 30.3 Å². The molecule has 0 aromatic heterocycles. The Labute approximate surface area is 191 Å². The van der Waals surface area contributed by atoms with Crippen molar-refractivity contribution < 1.29 is 22.6 Å². The number of rotatable bonds is 5. The standard InChI is InChI=1S/C21H22F3N3O2.HI/c1-25-20(27-14-16-9-10-18(28-2)13-19(16)29-3)26-11-5-7-15-6-4-8-17(12-15)21(22,23)24;/h4,6,8-10,12-13H,11,14H2,1-3H3,(H2,25,26,27);1H. The topological polar surface area (TPSA) is 54.9 Å². The summed E-state index contributed by atoms with van der Waals surface area (Å²) in [5, 5.41) is 6.12. The molecule has 0 radical (unpaired) electrons. The predicted molar refractivity (Wildman–Crippen MR) is 121 cm³/mol. The second-order valence-corrected chi connectivity index (χ2v) is 5.84. The predicted octanol–water partition coefficient (Wildman–Crippen LogP) is 4.06. The number of nitrogens with zero attached hydrogens (tertiary/aromatic N) is 1. The molecule has 2 aromatic carbocycles. The lowest BCUT2D eigenvalue weighted by molar-refractivity contribution is -0.137. The summed E-state index contributed by atoms with van der Waals surface area (Å²) >= 11 is 0. The molecule has 2 rings (SSSR count). The van der Waals surface area contributed by atoms with Crippen molar-refractivity contribution in [3.05, 3.63) is 59.2 Å². The second kappa shape index (κ2) is 12.2. The van der Waals surface area contributed by atoms with Gasteiger partial charge < -0.3 is 20.1 Å². The lowest BCUT2D eigenvalue weighted by Gasteiger charge is -2.13. The lowest BCUT2D eigenvalue weighted by atomic mass is 10.1. The maximum Gasteiger partial charge on any atom is 0.416 e. The first-order valence-electron chi connectivity index (χ1n) is 8.69. The zero-order valence-electron chi connectivity index (χ0n) is 16.8. The fraction of sp³-hybridized carbons (Fsp3) is 0.286. The van der Waals surface area contributed by atoms with E-state index in [-0.39, 0.29) is 30.5 Å². The maximum atomic E-state index is 12.7. The Bertz CT molecular complexity index is 922. The molecule has 0 saturated heterocycles. The van der Waals surface area contributed by atoms with Gasteiger partial charge in [0.15, 0.2) is 5.96 Å². The van der Waals surface area contributed by atoms with Crippen LogP contribution in [-0.2, 0) is 12.7 Å². The minimum absolute atomic E-state index is 0. The highest BCUT2D eigenvalue weighted by Gasteiger charge is 2.30. The zero-order chi connectivity index (χ0) is 21.3. The molecule has 0 atom stereocenters. The first-order chi connectivity index (χ1) is 13.9. The summed E-state index contributed by atoms with van der Waals surface area (Å²) in [7, 11) is 4.77. The fourth-order valence-corrected chi connectivity index (χ4v) is 2.44. The summed E-state index contributed by atoms with van der Waals surface area (Å²) in [4.78, 5) is 4.10. The number of hydrogen-bond donors (Lipinski definition) is 2. The molecule has 0 saturated carbocycles. The number of ether oxygens (including phenoxy) is 2. The molecule has 0 aliphatic rings. The highest BCUT2D eigenvalue weighted by Crippen LogP contribution is 2.29. The van der Waals surface area contributed by atoms with Gasteiger partial charge in [0.1, 0.15) is 11.5 Å². The number of hydrogen-bond acceptors (Lipinski definition) is 3.